The number of anilines is 1. The first-order valence-electron chi connectivity index (χ1n) is 8.79. The molecule has 0 atom stereocenters. The Bertz CT molecular complexity index is 1070. The van der Waals surface area contributed by atoms with Gasteiger partial charge in [0, 0.05) is 17.2 Å². The summed E-state index contributed by atoms with van der Waals surface area (Å²) < 4.78 is 40.5. The van der Waals surface area contributed by atoms with Gasteiger partial charge < -0.3 is 19.2 Å². The Morgan fingerprint density at radius 2 is 1.84 bits per heavy atom. The molecule has 0 saturated carbocycles. The van der Waals surface area contributed by atoms with Crippen LogP contribution in [0.15, 0.2) is 59.0 Å². The van der Waals surface area contributed by atoms with E-state index in [4.69, 9.17) is 25.5 Å². The number of amides is 1. The standard InChI is InChI=1S/C20H15ClF2N2O6/c21-12-1-3-15(4-2-12)29-10-16-5-6-18(31-16)20(26)24-13-7-14(25(27)28)9-17(8-13)30-11-19(22)23/h1-9,19H,10-11H2,(H,24,26). The van der Waals surface area contributed by atoms with Crippen molar-refractivity contribution < 1.29 is 32.4 Å². The highest BCUT2D eigenvalue weighted by molar-refractivity contribution is 6.30. The summed E-state index contributed by atoms with van der Waals surface area (Å²) in [5.41, 5.74) is -0.447. The van der Waals surface area contributed by atoms with E-state index in [1.165, 1.54) is 18.2 Å². The van der Waals surface area contributed by atoms with E-state index in [2.05, 4.69) is 5.32 Å². The number of hydrogen-bond donors (Lipinski definition) is 1. The quantitative estimate of drug-likeness (QED) is 0.348. The molecule has 3 rings (SSSR count). The molecule has 162 valence electrons. The van der Waals surface area contributed by atoms with Crippen molar-refractivity contribution in [2.45, 2.75) is 13.0 Å². The fourth-order valence-corrected chi connectivity index (χ4v) is 2.58. The monoisotopic (exact) mass is 452 g/mol. The number of nitro benzene ring substituents is 1. The van der Waals surface area contributed by atoms with Crippen LogP contribution in [-0.2, 0) is 6.61 Å². The normalized spacial score (nSPS) is 10.7. The van der Waals surface area contributed by atoms with Gasteiger partial charge in [-0.25, -0.2) is 8.78 Å². The second kappa shape index (κ2) is 9.90. The van der Waals surface area contributed by atoms with Gasteiger partial charge in [0.05, 0.1) is 16.7 Å². The summed E-state index contributed by atoms with van der Waals surface area (Å²) in [4.78, 5) is 22.7. The Labute approximate surface area is 179 Å². The van der Waals surface area contributed by atoms with Crippen LogP contribution in [0.4, 0.5) is 20.2 Å². The van der Waals surface area contributed by atoms with Gasteiger partial charge in [0.15, 0.2) is 5.76 Å². The minimum absolute atomic E-state index is 0.0150. The number of furan rings is 1. The summed E-state index contributed by atoms with van der Waals surface area (Å²) >= 11 is 5.80. The predicted octanol–water partition coefficient (Wildman–Crippen LogP) is 5.32. The lowest BCUT2D eigenvalue weighted by atomic mass is 10.2. The molecule has 1 aromatic heterocycles. The Hall–Kier alpha value is -3.66. The lowest BCUT2D eigenvalue weighted by Crippen LogP contribution is -2.12. The first kappa shape index (κ1) is 22.0. The predicted molar refractivity (Wildman–Crippen MR) is 107 cm³/mol. The van der Waals surface area contributed by atoms with Crippen LogP contribution in [0.1, 0.15) is 16.3 Å². The molecule has 11 heteroatoms. The van der Waals surface area contributed by atoms with E-state index in [9.17, 15) is 23.7 Å². The molecule has 1 amide bonds. The molecule has 8 nitrogen and oxygen atoms in total. The molecule has 0 fully saturated rings. The highest BCUT2D eigenvalue weighted by Gasteiger charge is 2.16. The number of carbonyl (C=O) groups is 1. The van der Waals surface area contributed by atoms with Crippen molar-refractivity contribution >= 4 is 28.9 Å². The number of non-ortho nitro benzene ring substituents is 1. The zero-order chi connectivity index (χ0) is 22.4. The largest absolute Gasteiger partial charge is 0.487 e. The number of nitrogens with one attached hydrogen (secondary N) is 1. The van der Waals surface area contributed by atoms with Gasteiger partial charge in [-0.1, -0.05) is 11.6 Å². The van der Waals surface area contributed by atoms with Crippen molar-refractivity contribution in [2.75, 3.05) is 11.9 Å². The van der Waals surface area contributed by atoms with E-state index >= 15 is 0 Å². The molecule has 1 heterocycles. The lowest BCUT2D eigenvalue weighted by Gasteiger charge is -2.09. The molecule has 0 aliphatic heterocycles. The molecule has 0 unspecified atom stereocenters. The Balaban J connectivity index is 1.66. The van der Waals surface area contributed by atoms with Crippen molar-refractivity contribution in [1.82, 2.24) is 0 Å². The van der Waals surface area contributed by atoms with Gasteiger partial charge in [0.25, 0.3) is 18.0 Å². The lowest BCUT2D eigenvalue weighted by molar-refractivity contribution is -0.384. The summed E-state index contributed by atoms with van der Waals surface area (Å²) in [5, 5.41) is 14.0. The number of ether oxygens (including phenoxy) is 2. The molecule has 2 aromatic carbocycles. The Morgan fingerprint density at radius 3 is 2.52 bits per heavy atom. The molecule has 31 heavy (non-hydrogen) atoms. The van der Waals surface area contributed by atoms with Gasteiger partial charge in [0.2, 0.25) is 0 Å². The van der Waals surface area contributed by atoms with Crippen LogP contribution in [0.3, 0.4) is 0 Å². The molecule has 0 saturated heterocycles. The average Bonchev–Trinajstić information content (AvgIpc) is 3.21. The number of hydrogen-bond acceptors (Lipinski definition) is 6. The topological polar surface area (TPSA) is 104 Å². The maximum absolute atomic E-state index is 12.4. The fourth-order valence-electron chi connectivity index (χ4n) is 2.46. The number of halogens is 3. The van der Waals surface area contributed by atoms with Crippen LogP contribution < -0.4 is 14.8 Å². The molecule has 0 spiro atoms. The molecule has 3 aromatic rings. The van der Waals surface area contributed by atoms with Crippen LogP contribution >= 0.6 is 11.6 Å². The van der Waals surface area contributed by atoms with Crippen LogP contribution in [0, 0.1) is 10.1 Å². The maximum atomic E-state index is 12.4. The van der Waals surface area contributed by atoms with Crippen LogP contribution in [-0.4, -0.2) is 23.9 Å². The third kappa shape index (κ3) is 6.41. The van der Waals surface area contributed by atoms with E-state index in [0.717, 1.165) is 12.1 Å². The number of carbonyl (C=O) groups excluding carboxylic acids is 1. The summed E-state index contributed by atoms with van der Waals surface area (Å²) in [7, 11) is 0. The average molecular weight is 453 g/mol. The van der Waals surface area contributed by atoms with E-state index in [-0.39, 0.29) is 23.8 Å². The molecule has 0 bridgehead atoms. The first-order valence-corrected chi connectivity index (χ1v) is 9.17. The Morgan fingerprint density at radius 1 is 1.10 bits per heavy atom. The third-order valence-corrected chi connectivity index (χ3v) is 4.07. The van der Waals surface area contributed by atoms with Gasteiger partial charge in [-0.05, 0) is 36.4 Å². The number of rotatable bonds is 9. The third-order valence-electron chi connectivity index (χ3n) is 3.82. The molecule has 1 N–H and O–H groups in total. The second-order valence-electron chi connectivity index (χ2n) is 6.14. The number of benzene rings is 2. The highest BCUT2D eigenvalue weighted by atomic mass is 35.5. The van der Waals surface area contributed by atoms with Crippen LogP contribution in [0.2, 0.25) is 5.02 Å². The molecular weight excluding hydrogens is 438 g/mol. The van der Waals surface area contributed by atoms with E-state index in [1.54, 1.807) is 24.3 Å². The number of alkyl halides is 2. The minimum Gasteiger partial charge on any atom is -0.487 e. The van der Waals surface area contributed by atoms with Crippen molar-refractivity contribution in [1.29, 1.82) is 0 Å². The van der Waals surface area contributed by atoms with Crippen molar-refractivity contribution in [3.63, 3.8) is 0 Å². The first-order chi connectivity index (χ1) is 14.8. The summed E-state index contributed by atoms with van der Waals surface area (Å²) in [6.45, 7) is -0.888. The SMILES string of the molecule is O=C(Nc1cc(OCC(F)F)cc([N+](=O)[O-])c1)c1ccc(COc2ccc(Cl)cc2)o1. The zero-order valence-electron chi connectivity index (χ0n) is 15.7. The molecule has 0 radical (unpaired) electrons. The van der Waals surface area contributed by atoms with Crippen LogP contribution in [0.5, 0.6) is 11.5 Å². The van der Waals surface area contributed by atoms with Crippen molar-refractivity contribution in [3.8, 4) is 11.5 Å². The zero-order valence-corrected chi connectivity index (χ0v) is 16.5. The van der Waals surface area contributed by atoms with Gasteiger partial charge in [-0.15, -0.1) is 0 Å². The molecule has 0 aliphatic rings. The fraction of sp³-hybridized carbons (Fsp3) is 0.150. The Kier molecular flexibility index (Phi) is 7.03. The van der Waals surface area contributed by atoms with Gasteiger partial charge in [-0.3, -0.25) is 14.9 Å². The molecular formula is C20H15ClF2N2O6. The van der Waals surface area contributed by atoms with Crippen molar-refractivity contribution in [3.05, 3.63) is 81.3 Å². The molecule has 0 aliphatic carbocycles. The van der Waals surface area contributed by atoms with Gasteiger partial charge >= 0.3 is 0 Å². The highest BCUT2D eigenvalue weighted by Crippen LogP contribution is 2.27. The summed E-state index contributed by atoms with van der Waals surface area (Å²) in [5.74, 6) is -0.0320. The summed E-state index contributed by atoms with van der Waals surface area (Å²) in [6, 6.07) is 12.9. The minimum atomic E-state index is -2.76. The second-order valence-corrected chi connectivity index (χ2v) is 6.57. The van der Waals surface area contributed by atoms with Crippen molar-refractivity contribution in [2.24, 2.45) is 0 Å². The van der Waals surface area contributed by atoms with Gasteiger partial charge in [0.1, 0.15) is 30.5 Å². The smallest absolute Gasteiger partial charge is 0.291 e. The summed E-state index contributed by atoms with van der Waals surface area (Å²) in [6.07, 6.45) is -2.76. The van der Waals surface area contributed by atoms with Gasteiger partial charge in [-0.2, -0.15) is 0 Å². The number of nitrogens with zero attached hydrogens (tertiary/aromatic N) is 1. The van der Waals surface area contributed by atoms with E-state index in [0.29, 0.717) is 16.5 Å². The maximum Gasteiger partial charge on any atom is 0.291 e. The van der Waals surface area contributed by atoms with E-state index < -0.39 is 29.6 Å². The number of nitro groups is 1. The van der Waals surface area contributed by atoms with Crippen LogP contribution in [0.25, 0.3) is 0 Å². The van der Waals surface area contributed by atoms with E-state index in [1.807, 2.05) is 0 Å².